The third-order valence-corrected chi connectivity index (χ3v) is 7.69. The van der Waals surface area contributed by atoms with Crippen LogP contribution in [0, 0.1) is 6.92 Å². The van der Waals surface area contributed by atoms with E-state index >= 15 is 0 Å². The maximum Gasteiger partial charge on any atom is 0.269 e. The van der Waals surface area contributed by atoms with Crippen molar-refractivity contribution in [1.82, 2.24) is 14.3 Å². The first-order chi connectivity index (χ1) is 17.9. The van der Waals surface area contributed by atoms with Gasteiger partial charge in [0.15, 0.2) is 0 Å². The molecule has 2 aromatic heterocycles. The highest BCUT2D eigenvalue weighted by Gasteiger charge is 2.36. The minimum atomic E-state index is -0.324. The normalized spacial score (nSPS) is 15.5. The molecule has 6 nitrogen and oxygen atoms in total. The smallest absolute Gasteiger partial charge is 0.269 e. The molecular weight excluding hydrogens is 502 g/mol. The fourth-order valence-electron chi connectivity index (χ4n) is 4.22. The molecule has 0 N–H and O–H groups in total. The Bertz CT molecular complexity index is 1600. The van der Waals surface area contributed by atoms with Crippen LogP contribution in [0.2, 0.25) is 0 Å². The highest BCUT2D eigenvalue weighted by molar-refractivity contribution is 8.26. The van der Waals surface area contributed by atoms with Crippen molar-refractivity contribution in [3.05, 3.63) is 110 Å². The number of pyridine rings is 1. The Labute approximate surface area is 224 Å². The fraction of sp³-hybridized carbons (Fsp3) is 0.172. The Morgan fingerprint density at radius 3 is 2.49 bits per heavy atom. The molecule has 0 bridgehead atoms. The van der Waals surface area contributed by atoms with Gasteiger partial charge in [0.2, 0.25) is 5.88 Å². The van der Waals surface area contributed by atoms with Crippen LogP contribution in [-0.4, -0.2) is 24.5 Å². The second-order valence-electron chi connectivity index (χ2n) is 8.76. The van der Waals surface area contributed by atoms with Gasteiger partial charge in [-0.05, 0) is 61.2 Å². The van der Waals surface area contributed by atoms with Crippen molar-refractivity contribution in [2.75, 3.05) is 0 Å². The number of nitrogens with zero attached hydrogens (tertiary/aromatic N) is 3. The zero-order valence-electron chi connectivity index (χ0n) is 20.7. The van der Waals surface area contributed by atoms with E-state index in [0.29, 0.717) is 20.6 Å². The van der Waals surface area contributed by atoms with Gasteiger partial charge in [0, 0.05) is 6.20 Å². The molecule has 1 amide bonds. The van der Waals surface area contributed by atoms with Gasteiger partial charge in [0.1, 0.15) is 21.3 Å². The van der Waals surface area contributed by atoms with Gasteiger partial charge < -0.3 is 4.74 Å². The molecule has 4 aromatic rings. The van der Waals surface area contributed by atoms with Crippen LogP contribution in [0.1, 0.15) is 42.1 Å². The highest BCUT2D eigenvalue weighted by atomic mass is 32.2. The molecule has 1 saturated heterocycles. The molecule has 0 saturated carbocycles. The van der Waals surface area contributed by atoms with E-state index in [1.165, 1.54) is 21.7 Å². The van der Waals surface area contributed by atoms with Crippen molar-refractivity contribution in [3.63, 3.8) is 0 Å². The Morgan fingerprint density at radius 2 is 1.78 bits per heavy atom. The lowest BCUT2D eigenvalue weighted by atomic mass is 10.1. The summed E-state index contributed by atoms with van der Waals surface area (Å²) in [5.41, 5.74) is 3.34. The van der Waals surface area contributed by atoms with Crippen LogP contribution >= 0.6 is 24.0 Å². The second-order valence-corrected chi connectivity index (χ2v) is 10.4. The highest BCUT2D eigenvalue weighted by Crippen LogP contribution is 2.38. The Morgan fingerprint density at radius 1 is 1.05 bits per heavy atom. The summed E-state index contributed by atoms with van der Waals surface area (Å²) in [4.78, 5) is 33.7. The number of ether oxygens (including phenoxy) is 1. The minimum absolute atomic E-state index is 0.143. The summed E-state index contributed by atoms with van der Waals surface area (Å²) in [7, 11) is 0. The molecule has 1 unspecified atom stereocenters. The third kappa shape index (κ3) is 4.82. The number of thiocarbonyl (C=S) groups is 1. The monoisotopic (exact) mass is 527 g/mol. The molecule has 1 fully saturated rings. The van der Waals surface area contributed by atoms with Crippen LogP contribution < -0.4 is 10.3 Å². The van der Waals surface area contributed by atoms with E-state index in [-0.39, 0.29) is 29.0 Å². The largest absolute Gasteiger partial charge is 0.438 e. The average Bonchev–Trinajstić information content (AvgIpc) is 3.19. The van der Waals surface area contributed by atoms with Crippen LogP contribution in [-0.2, 0) is 11.2 Å². The lowest BCUT2D eigenvalue weighted by molar-refractivity contribution is -0.123. The van der Waals surface area contributed by atoms with Crippen molar-refractivity contribution >= 4 is 45.9 Å². The molecule has 1 aliphatic heterocycles. The zero-order chi connectivity index (χ0) is 26.1. The number of hydrogen-bond acceptors (Lipinski definition) is 6. The Hall–Kier alpha value is -3.75. The maximum absolute atomic E-state index is 13.6. The molecule has 1 atom stereocenters. The van der Waals surface area contributed by atoms with E-state index in [9.17, 15) is 9.59 Å². The number of rotatable bonds is 6. The number of aryl methyl sites for hydroxylation is 2. The van der Waals surface area contributed by atoms with Crippen LogP contribution in [0.25, 0.3) is 11.7 Å². The van der Waals surface area contributed by atoms with Gasteiger partial charge in [-0.15, -0.1) is 0 Å². The molecule has 37 heavy (non-hydrogen) atoms. The van der Waals surface area contributed by atoms with Crippen molar-refractivity contribution in [2.45, 2.75) is 33.2 Å². The Balaban J connectivity index is 1.59. The lowest BCUT2D eigenvalue weighted by Crippen LogP contribution is -2.31. The van der Waals surface area contributed by atoms with E-state index in [0.717, 1.165) is 17.5 Å². The fourth-order valence-corrected chi connectivity index (χ4v) is 5.62. The summed E-state index contributed by atoms with van der Waals surface area (Å²) in [6, 6.07) is 20.8. The number of aromatic nitrogens is 2. The number of carbonyl (C=O) groups excluding carboxylic acids is 1. The molecule has 0 aliphatic carbocycles. The lowest BCUT2D eigenvalue weighted by Gasteiger charge is -2.23. The predicted molar refractivity (Wildman–Crippen MR) is 152 cm³/mol. The average molecular weight is 528 g/mol. The maximum atomic E-state index is 13.6. The number of carbonyl (C=O) groups is 1. The minimum Gasteiger partial charge on any atom is -0.438 e. The summed E-state index contributed by atoms with van der Waals surface area (Å²) >= 11 is 6.75. The van der Waals surface area contributed by atoms with Crippen LogP contribution in [0.3, 0.4) is 0 Å². The van der Waals surface area contributed by atoms with Gasteiger partial charge in [0.05, 0.1) is 10.9 Å². The van der Waals surface area contributed by atoms with Crippen molar-refractivity contribution in [1.29, 1.82) is 0 Å². The zero-order valence-corrected chi connectivity index (χ0v) is 22.3. The summed E-state index contributed by atoms with van der Waals surface area (Å²) in [6.45, 7) is 5.90. The number of thioether (sulfide) groups is 1. The Kier molecular flexibility index (Phi) is 6.95. The molecule has 0 radical (unpaired) electrons. The van der Waals surface area contributed by atoms with Crippen LogP contribution in [0.4, 0.5) is 0 Å². The van der Waals surface area contributed by atoms with Gasteiger partial charge in [0.25, 0.3) is 11.5 Å². The van der Waals surface area contributed by atoms with E-state index in [1.54, 1.807) is 23.2 Å². The standard InChI is InChI=1S/C29H25N3O3S2/c1-4-20-12-14-22(15-13-20)35-26-23(27(33)31-16-8-9-18(2)25(31)30-26)17-24-28(34)32(29(36)37-24)19(3)21-10-6-5-7-11-21/h5-17,19H,4H2,1-3H3/b24-17+. The van der Waals surface area contributed by atoms with Crippen molar-refractivity contribution in [2.24, 2.45) is 0 Å². The van der Waals surface area contributed by atoms with E-state index in [1.807, 2.05) is 74.5 Å². The quantitative estimate of drug-likeness (QED) is 0.216. The van der Waals surface area contributed by atoms with Crippen molar-refractivity contribution in [3.8, 4) is 11.6 Å². The van der Waals surface area contributed by atoms with Crippen LogP contribution in [0.5, 0.6) is 11.6 Å². The molecular formula is C29H25N3O3S2. The van der Waals surface area contributed by atoms with E-state index < -0.39 is 0 Å². The van der Waals surface area contributed by atoms with Crippen LogP contribution in [0.15, 0.2) is 82.6 Å². The molecule has 186 valence electrons. The number of benzene rings is 2. The molecule has 8 heteroatoms. The topological polar surface area (TPSA) is 63.9 Å². The number of fused-ring (bicyclic) bond motifs is 1. The first-order valence-electron chi connectivity index (χ1n) is 12.0. The second kappa shape index (κ2) is 10.3. The predicted octanol–water partition coefficient (Wildman–Crippen LogP) is 6.32. The van der Waals surface area contributed by atoms with Gasteiger partial charge in [-0.3, -0.25) is 18.9 Å². The molecule has 1 aliphatic rings. The third-order valence-electron chi connectivity index (χ3n) is 6.36. The van der Waals surface area contributed by atoms with Gasteiger partial charge >= 0.3 is 0 Å². The molecule has 0 spiro atoms. The molecule has 5 rings (SSSR count). The van der Waals surface area contributed by atoms with Crippen molar-refractivity contribution < 1.29 is 9.53 Å². The van der Waals surface area contributed by atoms with Gasteiger partial charge in [-0.2, -0.15) is 4.98 Å². The molecule has 3 heterocycles. The van der Waals surface area contributed by atoms with E-state index in [2.05, 4.69) is 6.92 Å². The summed E-state index contributed by atoms with van der Waals surface area (Å²) < 4.78 is 8.05. The summed E-state index contributed by atoms with van der Waals surface area (Å²) in [6.07, 6.45) is 4.12. The van der Waals surface area contributed by atoms with Gasteiger partial charge in [-0.25, -0.2) is 0 Å². The number of amides is 1. The summed E-state index contributed by atoms with van der Waals surface area (Å²) in [5, 5.41) is 0. The summed E-state index contributed by atoms with van der Waals surface area (Å²) in [5.74, 6) is 0.449. The number of hydrogen-bond donors (Lipinski definition) is 0. The SMILES string of the molecule is CCc1ccc(Oc2nc3c(C)cccn3c(=O)c2/C=C2/SC(=S)N(C(C)c3ccccc3)C2=O)cc1. The first kappa shape index (κ1) is 24.9. The van der Waals surface area contributed by atoms with Gasteiger partial charge in [-0.1, -0.05) is 79.4 Å². The first-order valence-corrected chi connectivity index (χ1v) is 13.2. The molecule has 2 aromatic carbocycles. The van der Waals surface area contributed by atoms with E-state index in [4.69, 9.17) is 21.9 Å².